The molecule has 1 aromatic heterocycles. The van der Waals surface area contributed by atoms with E-state index in [1.54, 1.807) is 13.3 Å². The second-order valence-electron chi connectivity index (χ2n) is 6.57. The first-order valence-corrected chi connectivity index (χ1v) is 8.85. The number of methoxy groups -OCH3 is 1. The molecule has 2 fully saturated rings. The van der Waals surface area contributed by atoms with Crippen LogP contribution in [0.3, 0.4) is 0 Å². The first kappa shape index (κ1) is 17.2. The van der Waals surface area contributed by atoms with Crippen molar-refractivity contribution in [3.63, 3.8) is 0 Å². The Labute approximate surface area is 143 Å². The zero-order valence-electron chi connectivity index (χ0n) is 14.4. The summed E-state index contributed by atoms with van der Waals surface area (Å²) >= 11 is 0. The number of morpholine rings is 1. The third kappa shape index (κ3) is 4.24. The Balaban J connectivity index is 1.71. The molecule has 0 spiro atoms. The topological polar surface area (TPSA) is 54.9 Å². The standard InChI is InChI=1S/C18H27N3O3/c1-23-14-15-4-2-3-7-21(13-15)18(22)17-12-16(5-6-19-17)20-8-10-24-11-9-20/h5-6,12,15H,2-4,7-11,13-14H2,1H3. The summed E-state index contributed by atoms with van der Waals surface area (Å²) in [7, 11) is 1.73. The zero-order valence-corrected chi connectivity index (χ0v) is 14.4. The number of hydrogen-bond donors (Lipinski definition) is 0. The first-order valence-electron chi connectivity index (χ1n) is 8.85. The molecule has 6 nitrogen and oxygen atoms in total. The number of ether oxygens (including phenoxy) is 2. The van der Waals surface area contributed by atoms with Gasteiger partial charge in [-0.25, -0.2) is 0 Å². The van der Waals surface area contributed by atoms with Gasteiger partial charge in [0.1, 0.15) is 5.69 Å². The van der Waals surface area contributed by atoms with Gasteiger partial charge in [0, 0.05) is 45.2 Å². The van der Waals surface area contributed by atoms with Gasteiger partial charge < -0.3 is 19.3 Å². The van der Waals surface area contributed by atoms with E-state index in [-0.39, 0.29) is 5.91 Å². The van der Waals surface area contributed by atoms with Crippen LogP contribution in [0.25, 0.3) is 0 Å². The Hall–Kier alpha value is -1.66. The maximum atomic E-state index is 12.9. The number of hydrogen-bond acceptors (Lipinski definition) is 5. The molecule has 0 aromatic carbocycles. The molecule has 2 saturated heterocycles. The van der Waals surface area contributed by atoms with Gasteiger partial charge in [0.25, 0.3) is 5.91 Å². The average molecular weight is 333 g/mol. The van der Waals surface area contributed by atoms with Crippen LogP contribution < -0.4 is 4.90 Å². The highest BCUT2D eigenvalue weighted by Crippen LogP contribution is 2.21. The number of anilines is 1. The molecule has 1 unspecified atom stereocenters. The maximum Gasteiger partial charge on any atom is 0.272 e. The third-order valence-corrected chi connectivity index (χ3v) is 4.80. The largest absolute Gasteiger partial charge is 0.384 e. The van der Waals surface area contributed by atoms with Crippen molar-refractivity contribution >= 4 is 11.6 Å². The van der Waals surface area contributed by atoms with Crippen LogP contribution >= 0.6 is 0 Å². The molecule has 1 aromatic rings. The van der Waals surface area contributed by atoms with Gasteiger partial charge in [-0.3, -0.25) is 9.78 Å². The molecular formula is C18H27N3O3. The highest BCUT2D eigenvalue weighted by molar-refractivity contribution is 5.93. The van der Waals surface area contributed by atoms with Crippen molar-refractivity contribution < 1.29 is 14.3 Å². The summed E-state index contributed by atoms with van der Waals surface area (Å²) in [5.41, 5.74) is 1.59. The number of aromatic nitrogens is 1. The van der Waals surface area contributed by atoms with E-state index < -0.39 is 0 Å². The van der Waals surface area contributed by atoms with Crippen LogP contribution in [-0.2, 0) is 9.47 Å². The normalized spacial score (nSPS) is 22.3. The lowest BCUT2D eigenvalue weighted by atomic mass is 10.0. The fourth-order valence-corrected chi connectivity index (χ4v) is 3.50. The van der Waals surface area contributed by atoms with Crippen molar-refractivity contribution in [2.75, 3.05) is 58.0 Å². The molecule has 1 atom stereocenters. The lowest BCUT2D eigenvalue weighted by molar-refractivity contribution is 0.0691. The van der Waals surface area contributed by atoms with Crippen LogP contribution in [0.1, 0.15) is 29.8 Å². The van der Waals surface area contributed by atoms with E-state index in [1.165, 1.54) is 0 Å². The summed E-state index contributed by atoms with van der Waals surface area (Å²) < 4.78 is 10.7. The van der Waals surface area contributed by atoms with Gasteiger partial charge in [0.15, 0.2) is 0 Å². The smallest absolute Gasteiger partial charge is 0.272 e. The summed E-state index contributed by atoms with van der Waals surface area (Å²) in [6, 6.07) is 3.89. The van der Waals surface area contributed by atoms with E-state index in [0.717, 1.165) is 64.3 Å². The van der Waals surface area contributed by atoms with Gasteiger partial charge in [0.2, 0.25) is 0 Å². The van der Waals surface area contributed by atoms with Crippen molar-refractivity contribution in [3.05, 3.63) is 24.0 Å². The predicted molar refractivity (Wildman–Crippen MR) is 92.4 cm³/mol. The van der Waals surface area contributed by atoms with Crippen molar-refractivity contribution in [1.82, 2.24) is 9.88 Å². The summed E-state index contributed by atoms with van der Waals surface area (Å²) in [5, 5.41) is 0. The quantitative estimate of drug-likeness (QED) is 0.841. The number of pyridine rings is 1. The van der Waals surface area contributed by atoms with Crippen molar-refractivity contribution in [3.8, 4) is 0 Å². The monoisotopic (exact) mass is 333 g/mol. The van der Waals surface area contributed by atoms with E-state index in [0.29, 0.717) is 18.2 Å². The van der Waals surface area contributed by atoms with Crippen LogP contribution in [0.4, 0.5) is 5.69 Å². The number of rotatable bonds is 4. The number of carbonyl (C=O) groups is 1. The highest BCUT2D eigenvalue weighted by atomic mass is 16.5. The molecule has 0 saturated carbocycles. The van der Waals surface area contributed by atoms with Crippen LogP contribution in [0.15, 0.2) is 18.3 Å². The van der Waals surface area contributed by atoms with Gasteiger partial charge >= 0.3 is 0 Å². The van der Waals surface area contributed by atoms with Gasteiger partial charge in [-0.15, -0.1) is 0 Å². The second-order valence-corrected chi connectivity index (χ2v) is 6.57. The SMILES string of the molecule is COCC1CCCCN(C(=O)c2cc(N3CCOCC3)ccn2)C1. The predicted octanol–water partition coefficient (Wildman–Crippen LogP) is 1.81. The number of amides is 1. The fourth-order valence-electron chi connectivity index (χ4n) is 3.50. The zero-order chi connectivity index (χ0) is 16.8. The molecule has 3 heterocycles. The van der Waals surface area contributed by atoms with Gasteiger partial charge in [-0.1, -0.05) is 6.42 Å². The van der Waals surface area contributed by atoms with Crippen molar-refractivity contribution in [2.24, 2.45) is 5.92 Å². The second kappa shape index (κ2) is 8.44. The first-order chi connectivity index (χ1) is 11.8. The number of nitrogens with zero attached hydrogens (tertiary/aromatic N) is 3. The summed E-state index contributed by atoms with van der Waals surface area (Å²) in [4.78, 5) is 21.4. The molecule has 24 heavy (non-hydrogen) atoms. The van der Waals surface area contributed by atoms with Crippen LogP contribution in [0, 0.1) is 5.92 Å². The minimum atomic E-state index is 0.0353. The van der Waals surface area contributed by atoms with Crippen LogP contribution in [0.5, 0.6) is 0 Å². The van der Waals surface area contributed by atoms with E-state index in [4.69, 9.17) is 9.47 Å². The molecule has 2 aliphatic heterocycles. The Morgan fingerprint density at radius 2 is 2.17 bits per heavy atom. The van der Waals surface area contributed by atoms with E-state index >= 15 is 0 Å². The average Bonchev–Trinajstić information content (AvgIpc) is 2.88. The molecule has 0 aliphatic carbocycles. The summed E-state index contributed by atoms with van der Waals surface area (Å²) in [5.74, 6) is 0.456. The Morgan fingerprint density at radius 3 is 2.96 bits per heavy atom. The third-order valence-electron chi connectivity index (χ3n) is 4.80. The molecule has 0 bridgehead atoms. The van der Waals surface area contributed by atoms with Gasteiger partial charge in [0.05, 0.1) is 19.8 Å². The van der Waals surface area contributed by atoms with Crippen LogP contribution in [0.2, 0.25) is 0 Å². The maximum absolute atomic E-state index is 12.9. The van der Waals surface area contributed by atoms with E-state index in [2.05, 4.69) is 9.88 Å². The molecule has 0 N–H and O–H groups in total. The van der Waals surface area contributed by atoms with E-state index in [9.17, 15) is 4.79 Å². The van der Waals surface area contributed by atoms with Gasteiger partial charge in [-0.2, -0.15) is 0 Å². The number of likely N-dealkylation sites (tertiary alicyclic amines) is 1. The Bertz CT molecular complexity index is 546. The summed E-state index contributed by atoms with van der Waals surface area (Å²) in [6.07, 6.45) is 5.06. The Morgan fingerprint density at radius 1 is 1.33 bits per heavy atom. The minimum Gasteiger partial charge on any atom is -0.384 e. The minimum absolute atomic E-state index is 0.0353. The molecule has 2 aliphatic rings. The molecule has 1 amide bonds. The highest BCUT2D eigenvalue weighted by Gasteiger charge is 2.24. The number of carbonyl (C=O) groups excluding carboxylic acids is 1. The molecule has 132 valence electrons. The lowest BCUT2D eigenvalue weighted by Gasteiger charge is -2.29. The molecule has 0 radical (unpaired) electrons. The van der Waals surface area contributed by atoms with Crippen molar-refractivity contribution in [1.29, 1.82) is 0 Å². The van der Waals surface area contributed by atoms with Crippen molar-refractivity contribution in [2.45, 2.75) is 19.3 Å². The fraction of sp³-hybridized carbons (Fsp3) is 0.667. The van der Waals surface area contributed by atoms with Crippen LogP contribution in [-0.4, -0.2) is 68.9 Å². The lowest BCUT2D eigenvalue weighted by Crippen LogP contribution is -2.37. The molecule has 6 heteroatoms. The molecule has 3 rings (SSSR count). The summed E-state index contributed by atoms with van der Waals surface area (Å²) in [6.45, 7) is 5.46. The van der Waals surface area contributed by atoms with E-state index in [1.807, 2.05) is 17.0 Å². The Kier molecular flexibility index (Phi) is 6.04. The molecular weight excluding hydrogens is 306 g/mol. The van der Waals surface area contributed by atoms with Gasteiger partial charge in [-0.05, 0) is 30.9 Å².